The van der Waals surface area contributed by atoms with Crippen LogP contribution in [0.4, 0.5) is 16.2 Å². The Morgan fingerprint density at radius 2 is 1.62 bits per heavy atom. The van der Waals surface area contributed by atoms with E-state index >= 15 is 0 Å². The van der Waals surface area contributed by atoms with E-state index in [9.17, 15) is 37.5 Å². The van der Waals surface area contributed by atoms with Crippen molar-refractivity contribution in [2.45, 2.75) is 82.3 Å². The highest BCUT2D eigenvalue weighted by molar-refractivity contribution is 7.89. The second-order valence-corrected chi connectivity index (χ2v) is 16.6. The van der Waals surface area contributed by atoms with Crippen molar-refractivity contribution in [2.75, 3.05) is 30.8 Å². The number of halogens is 2. The molecule has 0 saturated carbocycles. The van der Waals surface area contributed by atoms with Gasteiger partial charge in [-0.15, -0.1) is 0 Å². The van der Waals surface area contributed by atoms with E-state index in [0.717, 1.165) is 9.87 Å². The summed E-state index contributed by atoms with van der Waals surface area (Å²) in [6.45, 7) is 5.49. The number of likely N-dealkylation sites (N-methyl/N-ethyl adjacent to an activating group) is 1. The SMILES string of the molecule is CCC(C)[C@@H](C(=O)NCC[C@H](NC(=O)[C@@H]1CCCCN1S(=O)(=O)c1cc(Cl)cc(Cl)c1)C(=O)O)N(C)C(=O)Cc1ccc(NC(=O)Nc2ccccc2C)cc1. The average Bonchev–Trinajstić information content (AvgIpc) is 3.15. The number of hydrogen-bond acceptors (Lipinski definition) is 7. The van der Waals surface area contributed by atoms with Gasteiger partial charge in [0.1, 0.15) is 18.1 Å². The molecule has 1 aliphatic heterocycles. The van der Waals surface area contributed by atoms with Crippen LogP contribution in [0.5, 0.6) is 0 Å². The van der Waals surface area contributed by atoms with E-state index in [-0.39, 0.29) is 59.1 Å². The van der Waals surface area contributed by atoms with Crippen LogP contribution in [0.3, 0.4) is 0 Å². The number of rotatable bonds is 16. The smallest absolute Gasteiger partial charge is 0.326 e. The zero-order valence-corrected chi connectivity index (χ0v) is 34.0. The maximum absolute atomic E-state index is 13.6. The molecule has 1 heterocycles. The number of hydrogen-bond donors (Lipinski definition) is 5. The van der Waals surface area contributed by atoms with Crippen LogP contribution in [0.25, 0.3) is 0 Å². The lowest BCUT2D eigenvalue weighted by Crippen LogP contribution is -2.55. The van der Waals surface area contributed by atoms with E-state index in [4.69, 9.17) is 23.2 Å². The molecule has 4 rings (SSSR count). The number of benzene rings is 3. The molecule has 1 fully saturated rings. The highest BCUT2D eigenvalue weighted by Crippen LogP contribution is 2.29. The summed E-state index contributed by atoms with van der Waals surface area (Å²) < 4.78 is 28.1. The van der Waals surface area contributed by atoms with Gasteiger partial charge in [-0.3, -0.25) is 14.4 Å². The lowest BCUT2D eigenvalue weighted by Gasteiger charge is -2.34. The third-order valence-electron chi connectivity index (χ3n) is 9.77. The van der Waals surface area contributed by atoms with Gasteiger partial charge in [0.05, 0.1) is 11.3 Å². The number of para-hydroxylation sites is 1. The van der Waals surface area contributed by atoms with E-state index in [1.165, 1.54) is 30.1 Å². The number of aliphatic carboxylic acids is 1. The lowest BCUT2D eigenvalue weighted by molar-refractivity contribution is -0.143. The molecule has 0 aliphatic carbocycles. The van der Waals surface area contributed by atoms with E-state index < -0.39 is 52.0 Å². The van der Waals surface area contributed by atoms with Crippen LogP contribution in [0.15, 0.2) is 71.6 Å². The predicted octanol–water partition coefficient (Wildman–Crippen LogP) is 5.68. The Kier molecular flexibility index (Phi) is 15.7. The lowest BCUT2D eigenvalue weighted by atomic mass is 9.96. The number of sulfonamides is 1. The monoisotopic (exact) mass is 830 g/mol. The molecule has 56 heavy (non-hydrogen) atoms. The van der Waals surface area contributed by atoms with Crippen LogP contribution in [0.2, 0.25) is 10.0 Å². The molecule has 0 bridgehead atoms. The summed E-state index contributed by atoms with van der Waals surface area (Å²) in [6.07, 6.45) is 1.57. The summed E-state index contributed by atoms with van der Waals surface area (Å²) >= 11 is 12.1. The van der Waals surface area contributed by atoms with Gasteiger partial charge in [0.2, 0.25) is 27.7 Å². The van der Waals surface area contributed by atoms with Gasteiger partial charge in [-0.05, 0) is 79.6 Å². The number of nitrogens with zero attached hydrogens (tertiary/aromatic N) is 2. The molecule has 14 nitrogen and oxygen atoms in total. The molecule has 1 unspecified atom stereocenters. The van der Waals surface area contributed by atoms with E-state index in [0.29, 0.717) is 36.2 Å². The number of urea groups is 1. The fourth-order valence-electron chi connectivity index (χ4n) is 6.43. The number of piperidine rings is 1. The molecule has 302 valence electrons. The van der Waals surface area contributed by atoms with Crippen molar-refractivity contribution in [3.05, 3.63) is 87.9 Å². The minimum atomic E-state index is -4.21. The van der Waals surface area contributed by atoms with Crippen molar-refractivity contribution in [1.29, 1.82) is 0 Å². The first kappa shape index (κ1) is 44.0. The van der Waals surface area contributed by atoms with Crippen LogP contribution in [-0.2, 0) is 35.6 Å². The molecule has 1 aliphatic rings. The molecule has 0 aromatic heterocycles. The Hall–Kier alpha value is -4.70. The summed E-state index contributed by atoms with van der Waals surface area (Å²) in [4.78, 5) is 66.3. The van der Waals surface area contributed by atoms with Crippen LogP contribution in [0.1, 0.15) is 57.1 Å². The van der Waals surface area contributed by atoms with Crippen molar-refractivity contribution < 1.29 is 37.5 Å². The van der Waals surface area contributed by atoms with E-state index in [1.807, 2.05) is 39.0 Å². The van der Waals surface area contributed by atoms with E-state index in [1.54, 1.807) is 30.3 Å². The number of carbonyl (C=O) groups is 5. The molecule has 3 aromatic carbocycles. The molecule has 5 N–H and O–H groups in total. The number of carbonyl (C=O) groups excluding carboxylic acids is 4. The van der Waals surface area contributed by atoms with Gasteiger partial charge in [0, 0.05) is 41.6 Å². The van der Waals surface area contributed by atoms with Crippen LogP contribution < -0.4 is 21.3 Å². The molecule has 1 saturated heterocycles. The minimum Gasteiger partial charge on any atom is -0.480 e. The summed E-state index contributed by atoms with van der Waals surface area (Å²) in [7, 11) is -2.68. The van der Waals surface area contributed by atoms with Gasteiger partial charge in [-0.2, -0.15) is 4.31 Å². The summed E-state index contributed by atoms with van der Waals surface area (Å²) in [6, 6.07) is 14.1. The Morgan fingerprint density at radius 1 is 0.964 bits per heavy atom. The number of carboxylic acid groups (broad SMARTS) is 1. The molecule has 3 aromatic rings. The molecule has 17 heteroatoms. The first-order valence-electron chi connectivity index (χ1n) is 18.3. The van der Waals surface area contributed by atoms with Crippen LogP contribution in [-0.4, -0.2) is 90.7 Å². The fourth-order valence-corrected chi connectivity index (χ4v) is 8.82. The summed E-state index contributed by atoms with van der Waals surface area (Å²) in [5.41, 5.74) is 2.79. The first-order valence-corrected chi connectivity index (χ1v) is 20.5. The highest BCUT2D eigenvalue weighted by atomic mass is 35.5. The molecule has 5 amide bonds. The standard InChI is InChI=1S/C39H48Cl2N6O8S/c1-5-24(2)35(46(4)34(48)20-26-13-15-29(16-14-26)43-39(53)45-31-11-7-6-10-25(31)3)37(50)42-18-17-32(38(51)52)44-36(49)33-12-8-9-19-47(33)56(54,55)30-22-27(40)21-28(41)23-30/h6-7,10-11,13-16,21-24,32-33,35H,5,8-9,12,17-20H2,1-4H3,(H,42,50)(H,44,49)(H,51,52)(H2,43,45,53)/t24?,32-,33-,35-/m0/s1. The third-order valence-corrected chi connectivity index (χ3v) is 12.1. The van der Waals surface area contributed by atoms with E-state index in [2.05, 4.69) is 21.3 Å². The predicted molar refractivity (Wildman–Crippen MR) is 215 cm³/mol. The van der Waals surface area contributed by atoms with Crippen molar-refractivity contribution >= 4 is 74.3 Å². The van der Waals surface area contributed by atoms with Crippen LogP contribution >= 0.6 is 23.2 Å². The second-order valence-electron chi connectivity index (χ2n) is 13.8. The molecule has 0 spiro atoms. The number of aryl methyl sites for hydroxylation is 1. The summed E-state index contributed by atoms with van der Waals surface area (Å²) in [5, 5.41) is 20.9. The van der Waals surface area contributed by atoms with Gasteiger partial charge in [0.25, 0.3) is 0 Å². The number of carboxylic acids is 1. The fraction of sp³-hybridized carbons (Fsp3) is 0.410. The molecule has 0 radical (unpaired) electrons. The van der Waals surface area contributed by atoms with Gasteiger partial charge >= 0.3 is 12.0 Å². The van der Waals surface area contributed by atoms with Gasteiger partial charge in [-0.25, -0.2) is 18.0 Å². The number of nitrogens with one attached hydrogen (secondary N) is 4. The largest absolute Gasteiger partial charge is 0.480 e. The van der Waals surface area contributed by atoms with Crippen molar-refractivity contribution in [3.8, 4) is 0 Å². The second kappa shape index (κ2) is 19.9. The number of amides is 5. The van der Waals surface area contributed by atoms with Crippen LogP contribution in [0, 0.1) is 12.8 Å². The third kappa shape index (κ3) is 11.7. The maximum Gasteiger partial charge on any atom is 0.326 e. The Morgan fingerprint density at radius 3 is 2.25 bits per heavy atom. The Labute approximate surface area is 337 Å². The van der Waals surface area contributed by atoms with Gasteiger partial charge in [0.15, 0.2) is 0 Å². The maximum atomic E-state index is 13.6. The quantitative estimate of drug-likeness (QED) is 0.122. The zero-order chi connectivity index (χ0) is 41.2. The van der Waals surface area contributed by atoms with Gasteiger partial charge in [-0.1, -0.05) is 80.2 Å². The van der Waals surface area contributed by atoms with Gasteiger partial charge < -0.3 is 31.3 Å². The van der Waals surface area contributed by atoms with Crippen molar-refractivity contribution in [3.63, 3.8) is 0 Å². The number of anilines is 2. The van der Waals surface area contributed by atoms with Crippen molar-refractivity contribution in [1.82, 2.24) is 19.8 Å². The molecular weight excluding hydrogens is 783 g/mol. The van der Waals surface area contributed by atoms with Crippen molar-refractivity contribution in [2.24, 2.45) is 5.92 Å². The topological polar surface area (TPSA) is 194 Å². The first-order chi connectivity index (χ1) is 26.5. The zero-order valence-electron chi connectivity index (χ0n) is 31.7. The highest BCUT2D eigenvalue weighted by Gasteiger charge is 2.39. The average molecular weight is 832 g/mol. The minimum absolute atomic E-state index is 0.0161. The normalized spacial score (nSPS) is 16.1. The molecule has 4 atom stereocenters. The Bertz CT molecular complexity index is 2000. The summed E-state index contributed by atoms with van der Waals surface area (Å²) in [5.74, 6) is -3.22. The molecular formula is C39H48Cl2N6O8S. The Balaban J connectivity index is 1.34.